The normalized spacial score (nSPS) is 26.2. The third-order valence-corrected chi connectivity index (χ3v) is 3.79. The van der Waals surface area contributed by atoms with Crippen molar-refractivity contribution in [1.82, 2.24) is 0 Å². The van der Waals surface area contributed by atoms with Crippen LogP contribution in [-0.2, 0) is 9.53 Å². The van der Waals surface area contributed by atoms with E-state index < -0.39 is 5.97 Å². The summed E-state index contributed by atoms with van der Waals surface area (Å²) in [7, 11) is 0. The van der Waals surface area contributed by atoms with Crippen molar-refractivity contribution >= 4 is 23.3 Å². The molecule has 1 N–H and O–H groups in total. The predicted octanol–water partition coefficient (Wildman–Crippen LogP) is 3.19. The number of rotatable bonds is 4. The van der Waals surface area contributed by atoms with Crippen molar-refractivity contribution in [3.63, 3.8) is 0 Å². The quantitative estimate of drug-likeness (QED) is 0.927. The second-order valence-electron chi connectivity index (χ2n) is 5.38. The van der Waals surface area contributed by atoms with Crippen LogP contribution in [0.2, 0.25) is 5.02 Å². The Morgan fingerprint density at radius 3 is 2.60 bits per heavy atom. The van der Waals surface area contributed by atoms with E-state index in [0.717, 1.165) is 18.5 Å². The largest absolute Gasteiger partial charge is 0.480 e. The Bertz CT molecular complexity index is 470. The molecule has 110 valence electrons. The van der Waals surface area contributed by atoms with Crippen LogP contribution in [0.5, 0.6) is 0 Å². The summed E-state index contributed by atoms with van der Waals surface area (Å²) in [5, 5.41) is 9.79. The lowest BCUT2D eigenvalue weighted by molar-refractivity contribution is -0.135. The maximum Gasteiger partial charge on any atom is 0.323 e. The van der Waals surface area contributed by atoms with E-state index in [-0.39, 0.29) is 24.8 Å². The molecule has 0 radical (unpaired) electrons. The van der Waals surface area contributed by atoms with Crippen molar-refractivity contribution in [3.8, 4) is 0 Å². The van der Waals surface area contributed by atoms with Gasteiger partial charge in [0.2, 0.25) is 0 Å². The van der Waals surface area contributed by atoms with Gasteiger partial charge < -0.3 is 14.7 Å². The molecule has 0 spiro atoms. The lowest BCUT2D eigenvalue weighted by Gasteiger charge is -2.40. The Kier molecular flexibility index (Phi) is 4.89. The second kappa shape index (κ2) is 6.46. The highest BCUT2D eigenvalue weighted by Crippen LogP contribution is 2.29. The number of ether oxygens (including phenoxy) is 1. The average Bonchev–Trinajstić information content (AvgIpc) is 2.34. The molecule has 1 fully saturated rings. The Morgan fingerprint density at radius 1 is 1.40 bits per heavy atom. The molecule has 0 aromatic heterocycles. The Morgan fingerprint density at radius 2 is 2.05 bits per heavy atom. The van der Waals surface area contributed by atoms with E-state index in [1.807, 2.05) is 36.9 Å². The maximum atomic E-state index is 11.2. The summed E-state index contributed by atoms with van der Waals surface area (Å²) < 4.78 is 5.73. The molecule has 5 heteroatoms. The summed E-state index contributed by atoms with van der Waals surface area (Å²) >= 11 is 6.02. The minimum absolute atomic E-state index is 0.0234. The molecule has 2 unspecified atom stereocenters. The summed E-state index contributed by atoms with van der Waals surface area (Å²) in [6, 6.07) is 7.51. The van der Waals surface area contributed by atoms with Crippen LogP contribution in [0.1, 0.15) is 26.7 Å². The van der Waals surface area contributed by atoms with Gasteiger partial charge in [-0.15, -0.1) is 0 Å². The molecular formula is C15H20ClNO3. The van der Waals surface area contributed by atoms with Crippen molar-refractivity contribution in [2.24, 2.45) is 0 Å². The lowest BCUT2D eigenvalue weighted by atomic mass is 9.97. The highest BCUT2D eigenvalue weighted by Gasteiger charge is 2.30. The lowest BCUT2D eigenvalue weighted by Crippen LogP contribution is -2.46. The smallest absolute Gasteiger partial charge is 0.323 e. The maximum absolute atomic E-state index is 11.2. The van der Waals surface area contributed by atoms with Gasteiger partial charge in [0, 0.05) is 16.8 Å². The van der Waals surface area contributed by atoms with Gasteiger partial charge in [0.05, 0.1) is 12.2 Å². The summed E-state index contributed by atoms with van der Waals surface area (Å²) in [6.45, 7) is 4.03. The van der Waals surface area contributed by atoms with Crippen LogP contribution in [0.3, 0.4) is 0 Å². The summed E-state index contributed by atoms with van der Waals surface area (Å²) in [4.78, 5) is 13.1. The molecular weight excluding hydrogens is 278 g/mol. The highest BCUT2D eigenvalue weighted by atomic mass is 35.5. The molecule has 1 aliphatic heterocycles. The Hall–Kier alpha value is -1.26. The first-order chi connectivity index (χ1) is 9.45. The number of carboxylic acid groups (broad SMARTS) is 1. The van der Waals surface area contributed by atoms with E-state index in [2.05, 4.69) is 0 Å². The van der Waals surface area contributed by atoms with Crippen molar-refractivity contribution in [2.75, 3.05) is 11.4 Å². The van der Waals surface area contributed by atoms with Crippen LogP contribution < -0.4 is 4.90 Å². The van der Waals surface area contributed by atoms with Gasteiger partial charge in [0.1, 0.15) is 6.54 Å². The van der Waals surface area contributed by atoms with E-state index in [1.165, 1.54) is 0 Å². The molecule has 4 nitrogen and oxygen atoms in total. The van der Waals surface area contributed by atoms with Crippen molar-refractivity contribution in [3.05, 3.63) is 29.3 Å². The molecule has 1 aliphatic rings. The predicted molar refractivity (Wildman–Crippen MR) is 79.5 cm³/mol. The van der Waals surface area contributed by atoms with Gasteiger partial charge in [0.15, 0.2) is 0 Å². The molecule has 0 aliphatic carbocycles. The second-order valence-corrected chi connectivity index (χ2v) is 5.82. The fraction of sp³-hybridized carbons (Fsp3) is 0.533. The van der Waals surface area contributed by atoms with Crippen LogP contribution in [0.25, 0.3) is 0 Å². The number of hydrogen-bond acceptors (Lipinski definition) is 3. The van der Waals surface area contributed by atoms with E-state index in [4.69, 9.17) is 16.3 Å². The fourth-order valence-electron chi connectivity index (χ4n) is 2.86. The van der Waals surface area contributed by atoms with Gasteiger partial charge >= 0.3 is 5.97 Å². The zero-order chi connectivity index (χ0) is 14.7. The third kappa shape index (κ3) is 3.87. The van der Waals surface area contributed by atoms with Crippen LogP contribution in [0.4, 0.5) is 5.69 Å². The zero-order valence-corrected chi connectivity index (χ0v) is 12.5. The van der Waals surface area contributed by atoms with E-state index in [9.17, 15) is 9.90 Å². The van der Waals surface area contributed by atoms with Gasteiger partial charge in [-0.05, 0) is 44.9 Å². The summed E-state index contributed by atoms with van der Waals surface area (Å²) in [6.07, 6.45) is 1.92. The van der Waals surface area contributed by atoms with Crippen molar-refractivity contribution < 1.29 is 14.6 Å². The van der Waals surface area contributed by atoms with E-state index in [0.29, 0.717) is 5.02 Å². The number of carboxylic acids is 1. The first-order valence-electron chi connectivity index (χ1n) is 6.85. The summed E-state index contributed by atoms with van der Waals surface area (Å²) in [5.41, 5.74) is 0.853. The van der Waals surface area contributed by atoms with E-state index in [1.54, 1.807) is 6.07 Å². The molecule has 0 saturated carbocycles. The fourth-order valence-corrected chi connectivity index (χ4v) is 3.04. The molecule has 2 rings (SSSR count). The van der Waals surface area contributed by atoms with Gasteiger partial charge in [-0.1, -0.05) is 17.7 Å². The number of aliphatic carboxylic acids is 1. The van der Waals surface area contributed by atoms with Gasteiger partial charge in [-0.3, -0.25) is 4.79 Å². The van der Waals surface area contributed by atoms with Crippen LogP contribution in [0.15, 0.2) is 24.3 Å². The number of hydrogen-bond donors (Lipinski definition) is 1. The molecule has 0 amide bonds. The molecule has 1 aromatic rings. The van der Waals surface area contributed by atoms with Gasteiger partial charge in [-0.2, -0.15) is 0 Å². The van der Waals surface area contributed by atoms with Crippen LogP contribution in [0, 0.1) is 0 Å². The molecule has 2 atom stereocenters. The Balaban J connectivity index is 2.25. The first-order valence-corrected chi connectivity index (χ1v) is 7.23. The highest BCUT2D eigenvalue weighted by molar-refractivity contribution is 6.30. The number of halogens is 1. The van der Waals surface area contributed by atoms with E-state index >= 15 is 0 Å². The van der Waals surface area contributed by atoms with Crippen LogP contribution >= 0.6 is 11.6 Å². The first kappa shape index (κ1) is 15.1. The van der Waals surface area contributed by atoms with Crippen molar-refractivity contribution in [1.29, 1.82) is 0 Å². The average molecular weight is 298 g/mol. The Labute approximate surface area is 124 Å². The van der Waals surface area contributed by atoms with Gasteiger partial charge in [0.25, 0.3) is 0 Å². The molecule has 1 saturated heterocycles. The third-order valence-electron chi connectivity index (χ3n) is 3.56. The number of benzene rings is 1. The minimum Gasteiger partial charge on any atom is -0.480 e. The number of nitrogens with zero attached hydrogens (tertiary/aromatic N) is 1. The molecule has 1 aromatic carbocycles. The summed E-state index contributed by atoms with van der Waals surface area (Å²) in [5.74, 6) is -0.836. The molecule has 0 bridgehead atoms. The standard InChI is InChI=1S/C15H20ClNO3/c1-10-6-14(7-11(2)20-10)17(9-15(18)19)13-5-3-4-12(16)8-13/h3-5,8,10-11,14H,6-7,9H2,1-2H3,(H,18,19). The van der Waals surface area contributed by atoms with Gasteiger partial charge in [-0.25, -0.2) is 0 Å². The minimum atomic E-state index is -0.836. The molecule has 1 heterocycles. The van der Waals surface area contributed by atoms with Crippen LogP contribution in [-0.4, -0.2) is 35.9 Å². The zero-order valence-electron chi connectivity index (χ0n) is 11.8. The SMILES string of the molecule is CC1CC(N(CC(=O)O)c2cccc(Cl)c2)CC(C)O1. The molecule has 20 heavy (non-hydrogen) atoms. The van der Waals surface area contributed by atoms with Crippen molar-refractivity contribution in [2.45, 2.75) is 44.9 Å². The number of carbonyl (C=O) groups is 1. The topological polar surface area (TPSA) is 49.8 Å². The number of anilines is 1. The monoisotopic (exact) mass is 297 g/mol.